The minimum Gasteiger partial charge on any atom is -0.480 e. The minimum absolute atomic E-state index is 0.0727. The maximum absolute atomic E-state index is 12.9. The van der Waals surface area contributed by atoms with Crippen molar-refractivity contribution in [2.75, 3.05) is 11.9 Å². The normalized spacial score (nSPS) is 21.9. The number of halogens is 3. The number of ether oxygens (including phenoxy) is 1. The highest BCUT2D eigenvalue weighted by Crippen LogP contribution is 2.34. The Morgan fingerprint density at radius 3 is 2.52 bits per heavy atom. The van der Waals surface area contributed by atoms with Gasteiger partial charge in [0.2, 0.25) is 0 Å². The Hall–Kier alpha value is -1.76. The van der Waals surface area contributed by atoms with Crippen molar-refractivity contribution >= 4 is 11.7 Å². The zero-order valence-electron chi connectivity index (χ0n) is 12.8. The molecule has 0 unspecified atom stereocenters. The quantitative estimate of drug-likeness (QED) is 0.861. The molecule has 1 aromatic carbocycles. The molecule has 1 fully saturated rings. The van der Waals surface area contributed by atoms with E-state index in [2.05, 4.69) is 5.32 Å². The Labute approximate surface area is 132 Å². The van der Waals surface area contributed by atoms with Crippen LogP contribution in [-0.2, 0) is 15.7 Å². The molecule has 1 saturated carbocycles. The molecular formula is C16H20F3NO3. The summed E-state index contributed by atoms with van der Waals surface area (Å²) in [5.41, 5.74) is 0.0348. The first-order valence-corrected chi connectivity index (χ1v) is 7.53. The molecule has 23 heavy (non-hydrogen) atoms. The average Bonchev–Trinajstić information content (AvgIpc) is 2.47. The fourth-order valence-electron chi connectivity index (χ4n) is 2.82. The number of aliphatic carboxylic acids is 1. The summed E-state index contributed by atoms with van der Waals surface area (Å²) in [6.45, 7) is 1.13. The van der Waals surface area contributed by atoms with E-state index in [0.29, 0.717) is 18.5 Å². The topological polar surface area (TPSA) is 58.6 Å². The van der Waals surface area contributed by atoms with Crippen LogP contribution in [-0.4, -0.2) is 29.8 Å². The van der Waals surface area contributed by atoms with Crippen LogP contribution < -0.4 is 5.32 Å². The lowest BCUT2D eigenvalue weighted by molar-refractivity contribution is -0.145. The molecule has 0 amide bonds. The van der Waals surface area contributed by atoms with Gasteiger partial charge >= 0.3 is 12.1 Å². The first-order chi connectivity index (χ1) is 10.8. The molecule has 0 atom stereocenters. The molecule has 128 valence electrons. The van der Waals surface area contributed by atoms with Gasteiger partial charge in [0, 0.05) is 11.7 Å². The van der Waals surface area contributed by atoms with Crippen LogP contribution in [0.4, 0.5) is 18.9 Å². The van der Waals surface area contributed by atoms with Gasteiger partial charge < -0.3 is 15.2 Å². The van der Waals surface area contributed by atoms with E-state index < -0.39 is 17.7 Å². The van der Waals surface area contributed by atoms with Crippen molar-refractivity contribution in [3.05, 3.63) is 29.3 Å². The Morgan fingerprint density at radius 1 is 1.30 bits per heavy atom. The third-order valence-corrected chi connectivity index (χ3v) is 4.03. The van der Waals surface area contributed by atoms with E-state index >= 15 is 0 Å². The Bertz CT molecular complexity index is 552. The summed E-state index contributed by atoms with van der Waals surface area (Å²) in [6.07, 6.45) is -1.58. The van der Waals surface area contributed by atoms with Gasteiger partial charge in [-0.25, -0.2) is 4.79 Å². The highest BCUT2D eigenvalue weighted by atomic mass is 19.4. The summed E-state index contributed by atoms with van der Waals surface area (Å²) in [4.78, 5) is 10.5. The van der Waals surface area contributed by atoms with E-state index in [1.54, 1.807) is 6.07 Å². The number of rotatable bonds is 5. The van der Waals surface area contributed by atoms with E-state index in [4.69, 9.17) is 9.84 Å². The number of anilines is 1. The standard InChI is InChI=1S/C16H20F3NO3/c1-10-2-3-12(8-14(10)16(17,18)19)20-11-4-6-13(7-5-11)23-9-15(21)22/h2-3,8,11,13,20H,4-7,9H2,1H3,(H,21,22). The Kier molecular flexibility index (Phi) is 5.51. The van der Waals surface area contributed by atoms with Crippen LogP contribution in [0.15, 0.2) is 18.2 Å². The summed E-state index contributed by atoms with van der Waals surface area (Å²) in [6, 6.07) is 4.33. The van der Waals surface area contributed by atoms with Gasteiger partial charge in [0.1, 0.15) is 6.61 Å². The highest BCUT2D eigenvalue weighted by molar-refractivity contribution is 5.68. The SMILES string of the molecule is Cc1ccc(NC2CCC(OCC(=O)O)CC2)cc1C(F)(F)F. The van der Waals surface area contributed by atoms with Crippen molar-refractivity contribution in [2.24, 2.45) is 0 Å². The minimum atomic E-state index is -4.36. The van der Waals surface area contributed by atoms with Crippen molar-refractivity contribution in [3.8, 4) is 0 Å². The van der Waals surface area contributed by atoms with Gasteiger partial charge in [-0.1, -0.05) is 6.07 Å². The number of hydrogen-bond donors (Lipinski definition) is 2. The van der Waals surface area contributed by atoms with Crippen molar-refractivity contribution in [1.82, 2.24) is 0 Å². The second-order valence-corrected chi connectivity index (χ2v) is 5.85. The molecule has 2 N–H and O–H groups in total. The molecule has 1 aromatic rings. The number of carboxylic acids is 1. The smallest absolute Gasteiger partial charge is 0.416 e. The molecule has 0 saturated heterocycles. The van der Waals surface area contributed by atoms with Gasteiger partial charge in [0.15, 0.2) is 0 Å². The summed E-state index contributed by atoms with van der Waals surface area (Å²) in [5, 5.41) is 11.7. The monoisotopic (exact) mass is 331 g/mol. The molecule has 1 aliphatic rings. The fraction of sp³-hybridized carbons (Fsp3) is 0.562. The van der Waals surface area contributed by atoms with Crippen LogP contribution in [0, 0.1) is 6.92 Å². The van der Waals surface area contributed by atoms with E-state index in [1.165, 1.54) is 13.0 Å². The lowest BCUT2D eigenvalue weighted by Gasteiger charge is -2.29. The zero-order chi connectivity index (χ0) is 17.0. The predicted octanol–water partition coefficient (Wildman–Crippen LogP) is 3.84. The Balaban J connectivity index is 1.90. The summed E-state index contributed by atoms with van der Waals surface area (Å²) in [5.74, 6) is -0.996. The lowest BCUT2D eigenvalue weighted by Crippen LogP contribution is -2.30. The van der Waals surface area contributed by atoms with Gasteiger partial charge in [-0.05, 0) is 50.3 Å². The van der Waals surface area contributed by atoms with Crippen LogP contribution in [0.5, 0.6) is 0 Å². The number of carboxylic acid groups (broad SMARTS) is 1. The molecule has 0 aliphatic heterocycles. The van der Waals surface area contributed by atoms with E-state index in [-0.39, 0.29) is 24.3 Å². The summed E-state index contributed by atoms with van der Waals surface area (Å²) >= 11 is 0. The molecular weight excluding hydrogens is 311 g/mol. The van der Waals surface area contributed by atoms with Crippen LogP contribution in [0.1, 0.15) is 36.8 Å². The van der Waals surface area contributed by atoms with Gasteiger partial charge in [0.25, 0.3) is 0 Å². The number of nitrogens with one attached hydrogen (secondary N) is 1. The first kappa shape index (κ1) is 17.6. The molecule has 0 heterocycles. The van der Waals surface area contributed by atoms with Crippen molar-refractivity contribution in [2.45, 2.75) is 50.9 Å². The number of benzene rings is 1. The number of aryl methyl sites for hydroxylation is 1. The van der Waals surface area contributed by atoms with Gasteiger partial charge in [-0.2, -0.15) is 13.2 Å². The van der Waals surface area contributed by atoms with E-state index in [0.717, 1.165) is 18.9 Å². The Morgan fingerprint density at radius 2 is 1.96 bits per heavy atom. The molecule has 4 nitrogen and oxygen atoms in total. The first-order valence-electron chi connectivity index (χ1n) is 7.53. The number of hydrogen-bond acceptors (Lipinski definition) is 3. The highest BCUT2D eigenvalue weighted by Gasteiger charge is 2.32. The lowest BCUT2D eigenvalue weighted by atomic mass is 9.92. The van der Waals surface area contributed by atoms with Gasteiger partial charge in [-0.3, -0.25) is 0 Å². The maximum Gasteiger partial charge on any atom is 0.416 e. The van der Waals surface area contributed by atoms with Crippen LogP contribution in [0.2, 0.25) is 0 Å². The summed E-state index contributed by atoms with van der Waals surface area (Å²) in [7, 11) is 0. The van der Waals surface area contributed by atoms with Crippen molar-refractivity contribution in [3.63, 3.8) is 0 Å². The molecule has 0 aromatic heterocycles. The fourth-order valence-corrected chi connectivity index (χ4v) is 2.82. The number of alkyl halides is 3. The number of carbonyl (C=O) groups is 1. The molecule has 1 aliphatic carbocycles. The zero-order valence-corrected chi connectivity index (χ0v) is 12.8. The molecule has 0 bridgehead atoms. The third kappa shape index (κ3) is 5.13. The van der Waals surface area contributed by atoms with Crippen LogP contribution >= 0.6 is 0 Å². The van der Waals surface area contributed by atoms with E-state index in [9.17, 15) is 18.0 Å². The van der Waals surface area contributed by atoms with E-state index in [1.807, 2.05) is 0 Å². The van der Waals surface area contributed by atoms with Gasteiger partial charge in [-0.15, -0.1) is 0 Å². The molecule has 7 heteroatoms. The van der Waals surface area contributed by atoms with Crippen LogP contribution in [0.3, 0.4) is 0 Å². The van der Waals surface area contributed by atoms with Gasteiger partial charge in [0.05, 0.1) is 11.7 Å². The largest absolute Gasteiger partial charge is 0.480 e. The van der Waals surface area contributed by atoms with Crippen LogP contribution in [0.25, 0.3) is 0 Å². The van der Waals surface area contributed by atoms with Crippen molar-refractivity contribution in [1.29, 1.82) is 0 Å². The van der Waals surface area contributed by atoms with Crippen molar-refractivity contribution < 1.29 is 27.8 Å². The average molecular weight is 331 g/mol. The second-order valence-electron chi connectivity index (χ2n) is 5.85. The molecule has 0 radical (unpaired) electrons. The second kappa shape index (κ2) is 7.21. The predicted molar refractivity (Wildman–Crippen MR) is 79.4 cm³/mol. The summed E-state index contributed by atoms with van der Waals surface area (Å²) < 4.78 is 44.0. The molecule has 0 spiro atoms. The molecule has 2 rings (SSSR count). The maximum atomic E-state index is 12.9. The third-order valence-electron chi connectivity index (χ3n) is 4.03.